The molecule has 0 radical (unpaired) electrons. The molecular formula is C13H21F3N4. The van der Waals surface area contributed by atoms with Gasteiger partial charge in [0.1, 0.15) is 12.2 Å². The van der Waals surface area contributed by atoms with Crippen molar-refractivity contribution in [3.05, 3.63) is 12.2 Å². The van der Waals surface area contributed by atoms with Gasteiger partial charge in [-0.2, -0.15) is 18.3 Å². The zero-order valence-electron chi connectivity index (χ0n) is 11.8. The van der Waals surface area contributed by atoms with E-state index in [1.165, 1.54) is 6.33 Å². The Morgan fingerprint density at radius 1 is 1.45 bits per heavy atom. The van der Waals surface area contributed by atoms with Gasteiger partial charge in [0.2, 0.25) is 0 Å². The number of hydrogen-bond acceptors (Lipinski definition) is 3. The van der Waals surface area contributed by atoms with Gasteiger partial charge in [-0.1, -0.05) is 13.8 Å². The van der Waals surface area contributed by atoms with Crippen LogP contribution in [0.2, 0.25) is 0 Å². The Morgan fingerprint density at radius 3 is 2.85 bits per heavy atom. The number of alkyl halides is 3. The molecule has 4 nitrogen and oxygen atoms in total. The summed E-state index contributed by atoms with van der Waals surface area (Å²) in [6.07, 6.45) is -1.83. The molecule has 2 rings (SSSR count). The van der Waals surface area contributed by atoms with E-state index in [0.717, 1.165) is 12.4 Å². The highest BCUT2D eigenvalue weighted by molar-refractivity contribution is 4.93. The Bertz CT molecular complexity index is 427. The first-order valence-corrected chi connectivity index (χ1v) is 7.03. The van der Waals surface area contributed by atoms with Gasteiger partial charge in [-0.25, -0.2) is 9.67 Å². The largest absolute Gasteiger partial charge is 0.391 e. The van der Waals surface area contributed by atoms with E-state index in [1.807, 2.05) is 0 Å². The lowest BCUT2D eigenvalue weighted by molar-refractivity contribution is -0.183. The summed E-state index contributed by atoms with van der Waals surface area (Å²) >= 11 is 0. The summed E-state index contributed by atoms with van der Waals surface area (Å²) in [5.41, 5.74) is 0. The molecule has 0 aromatic carbocycles. The zero-order valence-corrected chi connectivity index (χ0v) is 11.8. The zero-order chi connectivity index (χ0) is 14.8. The Labute approximate surface area is 116 Å². The van der Waals surface area contributed by atoms with Crippen molar-refractivity contribution in [1.29, 1.82) is 0 Å². The summed E-state index contributed by atoms with van der Waals surface area (Å²) in [6, 6.07) is -0.175. The van der Waals surface area contributed by atoms with Crippen LogP contribution in [0, 0.1) is 11.8 Å². The van der Waals surface area contributed by atoms with Crippen LogP contribution in [0.15, 0.2) is 6.33 Å². The number of nitrogens with one attached hydrogen (secondary N) is 1. The molecule has 2 heterocycles. The first-order valence-electron chi connectivity index (χ1n) is 7.03. The normalized spacial score (nSPS) is 24.3. The number of aromatic nitrogens is 3. The monoisotopic (exact) mass is 290 g/mol. The van der Waals surface area contributed by atoms with Crippen LogP contribution in [0.4, 0.5) is 13.2 Å². The molecule has 2 unspecified atom stereocenters. The molecule has 1 N–H and O–H groups in total. The molecule has 2 atom stereocenters. The maximum Gasteiger partial charge on any atom is 0.391 e. The summed E-state index contributed by atoms with van der Waals surface area (Å²) in [7, 11) is 0. The summed E-state index contributed by atoms with van der Waals surface area (Å²) < 4.78 is 40.1. The Morgan fingerprint density at radius 2 is 2.20 bits per heavy atom. The van der Waals surface area contributed by atoms with E-state index < -0.39 is 12.1 Å². The van der Waals surface area contributed by atoms with Crippen LogP contribution < -0.4 is 5.32 Å². The molecule has 1 saturated heterocycles. The fourth-order valence-electron chi connectivity index (χ4n) is 2.62. The van der Waals surface area contributed by atoms with E-state index >= 15 is 0 Å². The van der Waals surface area contributed by atoms with Gasteiger partial charge in [-0.3, -0.25) is 0 Å². The molecule has 1 aliphatic rings. The van der Waals surface area contributed by atoms with Crippen molar-refractivity contribution in [2.75, 3.05) is 6.54 Å². The van der Waals surface area contributed by atoms with Gasteiger partial charge in [0.05, 0.1) is 5.92 Å². The molecule has 0 aliphatic carbocycles. The first kappa shape index (κ1) is 15.3. The SMILES string of the molecule is CC(C)Cn1ncnc1CC1CC(C(F)(F)F)CCN1. The van der Waals surface area contributed by atoms with Gasteiger partial charge in [-0.15, -0.1) is 0 Å². The molecule has 0 saturated carbocycles. The van der Waals surface area contributed by atoms with E-state index in [0.29, 0.717) is 18.9 Å². The highest BCUT2D eigenvalue weighted by Crippen LogP contribution is 2.34. The summed E-state index contributed by atoms with van der Waals surface area (Å²) in [4.78, 5) is 4.18. The van der Waals surface area contributed by atoms with E-state index in [4.69, 9.17) is 0 Å². The number of rotatable bonds is 4. The van der Waals surface area contributed by atoms with E-state index in [2.05, 4.69) is 29.2 Å². The molecule has 1 aromatic heterocycles. The van der Waals surface area contributed by atoms with Crippen LogP contribution in [0.1, 0.15) is 32.5 Å². The first-order chi connectivity index (χ1) is 9.36. The van der Waals surface area contributed by atoms with Crippen LogP contribution in [0.3, 0.4) is 0 Å². The van der Waals surface area contributed by atoms with Gasteiger partial charge in [0.15, 0.2) is 0 Å². The van der Waals surface area contributed by atoms with Crippen molar-refractivity contribution >= 4 is 0 Å². The maximum absolute atomic E-state index is 12.8. The molecule has 0 spiro atoms. The van der Waals surface area contributed by atoms with Crippen molar-refractivity contribution in [2.45, 2.75) is 51.9 Å². The molecule has 20 heavy (non-hydrogen) atoms. The van der Waals surface area contributed by atoms with E-state index in [9.17, 15) is 13.2 Å². The highest BCUT2D eigenvalue weighted by atomic mass is 19.4. The predicted octanol–water partition coefficient (Wildman–Crippen LogP) is 2.41. The summed E-state index contributed by atoms with van der Waals surface area (Å²) in [5.74, 6) is -0.00747. The fourth-order valence-corrected chi connectivity index (χ4v) is 2.62. The second-order valence-electron chi connectivity index (χ2n) is 5.87. The third-order valence-electron chi connectivity index (χ3n) is 3.62. The molecular weight excluding hydrogens is 269 g/mol. The number of hydrogen-bond donors (Lipinski definition) is 1. The lowest BCUT2D eigenvalue weighted by atomic mass is 9.90. The minimum absolute atomic E-state index is 0.123. The quantitative estimate of drug-likeness (QED) is 0.926. The van der Waals surface area contributed by atoms with Gasteiger partial charge in [-0.05, 0) is 25.3 Å². The molecule has 1 aliphatic heterocycles. The van der Waals surface area contributed by atoms with Crippen molar-refractivity contribution in [1.82, 2.24) is 20.1 Å². The van der Waals surface area contributed by atoms with Gasteiger partial charge in [0.25, 0.3) is 0 Å². The second-order valence-corrected chi connectivity index (χ2v) is 5.87. The van der Waals surface area contributed by atoms with Crippen molar-refractivity contribution in [3.63, 3.8) is 0 Å². The maximum atomic E-state index is 12.8. The molecule has 0 amide bonds. The number of halogens is 3. The summed E-state index contributed by atoms with van der Waals surface area (Å²) in [6.45, 7) is 5.30. The average Bonchev–Trinajstić information content (AvgIpc) is 2.75. The standard InChI is InChI=1S/C13H21F3N4/c1-9(2)7-20-12(18-8-19-20)6-11-5-10(3-4-17-11)13(14,15)16/h8-11,17H,3-7H2,1-2H3. The van der Waals surface area contributed by atoms with Crippen LogP contribution in [-0.2, 0) is 13.0 Å². The van der Waals surface area contributed by atoms with Gasteiger partial charge in [0, 0.05) is 19.0 Å². The molecule has 7 heteroatoms. The van der Waals surface area contributed by atoms with Gasteiger partial charge >= 0.3 is 6.18 Å². The third kappa shape index (κ3) is 3.94. The van der Waals surface area contributed by atoms with Crippen LogP contribution >= 0.6 is 0 Å². The third-order valence-corrected chi connectivity index (χ3v) is 3.62. The van der Waals surface area contributed by atoms with Crippen molar-refractivity contribution in [3.8, 4) is 0 Å². The second kappa shape index (κ2) is 6.11. The smallest absolute Gasteiger partial charge is 0.313 e. The summed E-state index contributed by atoms with van der Waals surface area (Å²) in [5, 5.41) is 7.30. The molecule has 114 valence electrons. The Kier molecular flexibility index (Phi) is 4.67. The highest BCUT2D eigenvalue weighted by Gasteiger charge is 2.42. The van der Waals surface area contributed by atoms with Gasteiger partial charge < -0.3 is 5.32 Å². The van der Waals surface area contributed by atoms with Crippen LogP contribution in [0.5, 0.6) is 0 Å². The minimum Gasteiger partial charge on any atom is -0.313 e. The lowest BCUT2D eigenvalue weighted by Crippen LogP contribution is -2.44. The van der Waals surface area contributed by atoms with E-state index in [-0.39, 0.29) is 18.9 Å². The van der Waals surface area contributed by atoms with Crippen molar-refractivity contribution < 1.29 is 13.2 Å². The minimum atomic E-state index is -4.09. The topological polar surface area (TPSA) is 42.7 Å². The Hall–Kier alpha value is -1.11. The fraction of sp³-hybridized carbons (Fsp3) is 0.846. The molecule has 1 fully saturated rings. The molecule has 1 aromatic rings. The van der Waals surface area contributed by atoms with Crippen LogP contribution in [-0.4, -0.2) is 33.5 Å². The number of piperidine rings is 1. The lowest BCUT2D eigenvalue weighted by Gasteiger charge is -2.31. The average molecular weight is 290 g/mol. The molecule has 0 bridgehead atoms. The van der Waals surface area contributed by atoms with Crippen LogP contribution in [0.25, 0.3) is 0 Å². The van der Waals surface area contributed by atoms with Crippen molar-refractivity contribution in [2.24, 2.45) is 11.8 Å². The van der Waals surface area contributed by atoms with E-state index in [1.54, 1.807) is 4.68 Å². The number of nitrogens with zero attached hydrogens (tertiary/aromatic N) is 3. The Balaban J connectivity index is 1.98. The predicted molar refractivity (Wildman–Crippen MR) is 69.1 cm³/mol.